The number of aryl methyl sites for hydroxylation is 1. The van der Waals surface area contributed by atoms with Crippen LogP contribution < -0.4 is 0 Å². The van der Waals surface area contributed by atoms with E-state index in [-0.39, 0.29) is 0 Å². The molecule has 0 saturated carbocycles. The van der Waals surface area contributed by atoms with Gasteiger partial charge in [-0.25, -0.2) is 12.2 Å². The molecule has 6 aromatic carbocycles. The molecule has 2 atom stereocenters. The zero-order valence-corrected chi connectivity index (χ0v) is 34.7. The third-order valence-electron chi connectivity index (χ3n) is 10.6. The molecule has 2 aliphatic rings. The van der Waals surface area contributed by atoms with Crippen molar-refractivity contribution in [3.05, 3.63) is 226 Å². The van der Waals surface area contributed by atoms with Gasteiger partial charge in [-0.05, 0) is 72.3 Å². The van der Waals surface area contributed by atoms with E-state index in [4.69, 9.17) is 0 Å². The molecule has 54 heavy (non-hydrogen) atoms. The Bertz CT molecular complexity index is 2070. The molecule has 0 nitrogen and oxygen atoms in total. The minimum atomic E-state index is 0.628. The SMILES string of the molecule is Cc1cc2c(cc1Cc1ccccc1)-c1ccc(CC(C)C(C)Cc3ccccc3)[c-]c1C2.[C-]1=CC=CC1.[Zr+2]=[C](Cc1ccccc1)Cc1ccccc1. The van der Waals surface area contributed by atoms with Gasteiger partial charge in [-0.15, -0.1) is 17.5 Å². The average Bonchev–Trinajstić information content (AvgIpc) is 3.89. The summed E-state index contributed by atoms with van der Waals surface area (Å²) in [5.74, 6) is 1.28. The van der Waals surface area contributed by atoms with E-state index < -0.39 is 0 Å². The molecule has 0 aliphatic heterocycles. The van der Waals surface area contributed by atoms with Gasteiger partial charge in [-0.3, -0.25) is 6.08 Å². The van der Waals surface area contributed by atoms with Crippen LogP contribution in [0.2, 0.25) is 0 Å². The summed E-state index contributed by atoms with van der Waals surface area (Å²) in [6.07, 6.45) is 16.5. The normalized spacial score (nSPS) is 13.1. The van der Waals surface area contributed by atoms with E-state index in [1.54, 1.807) is 27.4 Å². The van der Waals surface area contributed by atoms with Crippen LogP contribution in [0.25, 0.3) is 11.1 Å². The molecule has 1 heteroatoms. The number of hydrogen-bond donors (Lipinski definition) is 0. The monoisotopic (exact) mass is 778 g/mol. The second kappa shape index (κ2) is 20.3. The molecule has 0 heterocycles. The molecule has 8 rings (SSSR count). The molecule has 6 aromatic rings. The van der Waals surface area contributed by atoms with Crippen molar-refractivity contribution in [2.75, 3.05) is 0 Å². The van der Waals surface area contributed by atoms with Crippen LogP contribution in [0.4, 0.5) is 0 Å². The van der Waals surface area contributed by atoms with E-state index in [1.807, 2.05) is 12.2 Å². The summed E-state index contributed by atoms with van der Waals surface area (Å²) in [5, 5.41) is 0. The summed E-state index contributed by atoms with van der Waals surface area (Å²) >= 11 is 1.55. The van der Waals surface area contributed by atoms with Crippen LogP contribution in [-0.4, -0.2) is 3.21 Å². The number of fused-ring (bicyclic) bond motifs is 3. The third-order valence-corrected chi connectivity index (χ3v) is 11.4. The zero-order valence-electron chi connectivity index (χ0n) is 32.2. The summed E-state index contributed by atoms with van der Waals surface area (Å²) in [4.78, 5) is 0. The Labute approximate surface area is 340 Å². The van der Waals surface area contributed by atoms with Crippen molar-refractivity contribution in [1.29, 1.82) is 0 Å². The molecule has 0 radical (unpaired) electrons. The average molecular weight is 780 g/mol. The van der Waals surface area contributed by atoms with Gasteiger partial charge in [0.2, 0.25) is 0 Å². The van der Waals surface area contributed by atoms with Gasteiger partial charge in [0.15, 0.2) is 0 Å². The Kier molecular flexibility index (Phi) is 14.8. The Balaban J connectivity index is 0.000000195. The van der Waals surface area contributed by atoms with Gasteiger partial charge >= 0.3 is 112 Å². The summed E-state index contributed by atoms with van der Waals surface area (Å²) in [5.41, 5.74) is 15.5. The van der Waals surface area contributed by atoms with Crippen LogP contribution in [0, 0.1) is 30.9 Å². The van der Waals surface area contributed by atoms with Gasteiger partial charge in [0.1, 0.15) is 0 Å². The molecule has 0 amide bonds. The van der Waals surface area contributed by atoms with E-state index in [0.717, 1.165) is 44.9 Å². The molecular formula is C53H52Zr. The fourth-order valence-corrected chi connectivity index (χ4v) is 8.33. The van der Waals surface area contributed by atoms with E-state index in [9.17, 15) is 0 Å². The predicted octanol–water partition coefficient (Wildman–Crippen LogP) is 12.5. The first-order chi connectivity index (χ1) is 26.4. The van der Waals surface area contributed by atoms with Crippen molar-refractivity contribution in [1.82, 2.24) is 0 Å². The van der Waals surface area contributed by atoms with Gasteiger partial charge < -0.3 is 0 Å². The maximum absolute atomic E-state index is 3.81. The fourth-order valence-electron chi connectivity index (χ4n) is 7.33. The molecule has 0 N–H and O–H groups in total. The second-order valence-electron chi connectivity index (χ2n) is 14.9. The molecule has 2 aliphatic carbocycles. The first-order valence-corrected chi connectivity index (χ1v) is 20.7. The summed E-state index contributed by atoms with van der Waals surface area (Å²) in [6.45, 7) is 7.03. The van der Waals surface area contributed by atoms with Crippen molar-refractivity contribution in [2.45, 2.75) is 65.7 Å². The number of hydrogen-bond acceptors (Lipinski definition) is 0. The van der Waals surface area contributed by atoms with Crippen LogP contribution in [-0.2, 0) is 62.8 Å². The van der Waals surface area contributed by atoms with Crippen LogP contribution >= 0.6 is 0 Å². The topological polar surface area (TPSA) is 0 Å². The molecular weight excluding hydrogens is 728 g/mol. The quantitative estimate of drug-likeness (QED) is 0.115. The van der Waals surface area contributed by atoms with Crippen molar-refractivity contribution < 1.29 is 24.2 Å². The minimum absolute atomic E-state index is 0.628. The summed E-state index contributed by atoms with van der Waals surface area (Å²) < 4.78 is 1.60. The van der Waals surface area contributed by atoms with Gasteiger partial charge in [-0.1, -0.05) is 92.2 Å². The molecule has 2 unspecified atom stereocenters. The standard InChI is InChI=1S/C33H33.C15H14.C5H5.Zr/c1-23(16-26-10-6-4-7-11-26)24(2)17-28-14-15-32-31(20-28)21-30-18-25(3)29(22-33(30)32)19-27-12-8-5-9-13-27;1-3-8-14(9-4-1)12-7-13-15-10-5-2-6-11-15;1-2-4-5-3-1;/h4-15,18,22-24H,16-17,19,21H2,1-3H3;1-6,8-11H,12-13H2;1-3H,4H2;/q-1;;-1;+2. The Morgan fingerprint density at radius 3 is 1.72 bits per heavy atom. The molecule has 0 aromatic heterocycles. The molecule has 0 bridgehead atoms. The summed E-state index contributed by atoms with van der Waals surface area (Å²) in [7, 11) is 0. The first kappa shape index (κ1) is 39.3. The van der Waals surface area contributed by atoms with Crippen molar-refractivity contribution in [3.8, 4) is 11.1 Å². The van der Waals surface area contributed by atoms with Crippen molar-refractivity contribution >= 4 is 3.21 Å². The molecule has 0 saturated heterocycles. The van der Waals surface area contributed by atoms with Gasteiger partial charge in [0.25, 0.3) is 0 Å². The Morgan fingerprint density at radius 1 is 0.630 bits per heavy atom. The number of rotatable bonds is 11. The van der Waals surface area contributed by atoms with E-state index in [1.165, 1.54) is 61.2 Å². The number of allylic oxidation sites excluding steroid dienone is 4. The first-order valence-electron chi connectivity index (χ1n) is 19.5. The molecule has 268 valence electrons. The van der Waals surface area contributed by atoms with Gasteiger partial charge in [-0.2, -0.15) is 29.8 Å². The van der Waals surface area contributed by atoms with Crippen LogP contribution in [0.5, 0.6) is 0 Å². The van der Waals surface area contributed by atoms with Gasteiger partial charge in [0.05, 0.1) is 0 Å². The van der Waals surface area contributed by atoms with Gasteiger partial charge in [0, 0.05) is 0 Å². The molecule has 0 fully saturated rings. The predicted molar refractivity (Wildman–Crippen MR) is 227 cm³/mol. The van der Waals surface area contributed by atoms with E-state index >= 15 is 0 Å². The summed E-state index contributed by atoms with van der Waals surface area (Å²) in [6, 6.07) is 56.4. The van der Waals surface area contributed by atoms with E-state index in [0.29, 0.717) is 11.8 Å². The zero-order chi connectivity index (χ0) is 37.5. The van der Waals surface area contributed by atoms with Crippen molar-refractivity contribution in [3.63, 3.8) is 0 Å². The Morgan fingerprint density at radius 2 is 1.19 bits per heavy atom. The molecule has 0 spiro atoms. The number of benzene rings is 6. The fraction of sp³-hybridized carbons (Fsp3) is 0.226. The Hall–Kier alpha value is -4.45. The maximum atomic E-state index is 3.81. The van der Waals surface area contributed by atoms with Crippen LogP contribution in [0.1, 0.15) is 70.3 Å². The van der Waals surface area contributed by atoms with Crippen LogP contribution in [0.15, 0.2) is 164 Å². The van der Waals surface area contributed by atoms with E-state index in [2.05, 4.69) is 185 Å². The third kappa shape index (κ3) is 11.8. The van der Waals surface area contributed by atoms with Crippen molar-refractivity contribution in [2.24, 2.45) is 11.8 Å². The van der Waals surface area contributed by atoms with Crippen LogP contribution in [0.3, 0.4) is 0 Å². The second-order valence-corrected chi connectivity index (χ2v) is 16.7.